The summed E-state index contributed by atoms with van der Waals surface area (Å²) in [6, 6.07) is 0. The van der Waals surface area contributed by atoms with E-state index in [-0.39, 0.29) is 5.91 Å². The maximum Gasteiger partial charge on any atom is 0.224 e. The van der Waals surface area contributed by atoms with Gasteiger partial charge in [-0.1, -0.05) is 25.1 Å². The second-order valence-corrected chi connectivity index (χ2v) is 6.23. The van der Waals surface area contributed by atoms with E-state index in [1.807, 2.05) is 16.7 Å². The van der Waals surface area contributed by atoms with Crippen LogP contribution in [0, 0.1) is 0 Å². The second kappa shape index (κ2) is 7.02. The van der Waals surface area contributed by atoms with E-state index in [0.29, 0.717) is 11.7 Å². The van der Waals surface area contributed by atoms with E-state index in [1.165, 1.54) is 25.7 Å². The molecule has 1 unspecified atom stereocenters. The Balaban J connectivity index is 1.59. The van der Waals surface area contributed by atoms with Gasteiger partial charge < -0.3 is 10.2 Å². The number of carbonyl (C=O) groups is 1. The maximum atomic E-state index is 11.8. The summed E-state index contributed by atoms with van der Waals surface area (Å²) in [7, 11) is 0. The lowest BCUT2D eigenvalue weighted by Gasteiger charge is -2.15. The molecule has 1 amide bonds. The molecular formula is C13H23N3OS. The first-order valence-electron chi connectivity index (χ1n) is 7.02. The van der Waals surface area contributed by atoms with Crippen LogP contribution in [0.5, 0.6) is 0 Å². The highest BCUT2D eigenvalue weighted by Crippen LogP contribution is 2.23. The van der Waals surface area contributed by atoms with Crippen LogP contribution in [0.25, 0.3) is 0 Å². The van der Waals surface area contributed by atoms with E-state index in [1.54, 1.807) is 0 Å². The van der Waals surface area contributed by atoms with E-state index >= 15 is 0 Å². The highest BCUT2D eigenvalue weighted by Gasteiger charge is 2.20. The van der Waals surface area contributed by atoms with E-state index in [9.17, 15) is 4.79 Å². The molecule has 2 aliphatic heterocycles. The molecular weight excluding hydrogens is 246 g/mol. The number of likely N-dealkylation sites (tertiary alicyclic amines) is 1. The van der Waals surface area contributed by atoms with Gasteiger partial charge in [0.2, 0.25) is 5.91 Å². The van der Waals surface area contributed by atoms with Gasteiger partial charge in [0.05, 0.1) is 6.54 Å². The number of rotatable bonds is 5. The molecule has 4 nitrogen and oxygen atoms in total. The normalized spacial score (nSPS) is 23.3. The van der Waals surface area contributed by atoms with E-state index < -0.39 is 0 Å². The van der Waals surface area contributed by atoms with Gasteiger partial charge >= 0.3 is 0 Å². The molecule has 1 saturated heterocycles. The molecule has 5 heteroatoms. The van der Waals surface area contributed by atoms with Gasteiger partial charge in [0.15, 0.2) is 5.17 Å². The van der Waals surface area contributed by atoms with E-state index in [2.05, 4.69) is 17.2 Å². The summed E-state index contributed by atoms with van der Waals surface area (Å²) in [5.41, 5.74) is 0. The standard InChI is InChI=1S/C13H23N3OS/c1-2-5-11-10-15-13(18-11)14-7-6-12(17)16-8-3-4-9-16/h11H,2-10H2,1H3,(H,14,15). The summed E-state index contributed by atoms with van der Waals surface area (Å²) < 4.78 is 0. The molecule has 0 aromatic carbocycles. The maximum absolute atomic E-state index is 11.8. The fourth-order valence-corrected chi connectivity index (χ4v) is 3.54. The lowest BCUT2D eigenvalue weighted by atomic mass is 10.2. The van der Waals surface area contributed by atoms with Gasteiger partial charge in [-0.25, -0.2) is 0 Å². The number of thioether (sulfide) groups is 1. The van der Waals surface area contributed by atoms with Gasteiger partial charge in [0.25, 0.3) is 0 Å². The fourth-order valence-electron chi connectivity index (χ4n) is 2.39. The van der Waals surface area contributed by atoms with Crippen molar-refractivity contribution >= 4 is 22.8 Å². The number of nitrogens with one attached hydrogen (secondary N) is 1. The first-order chi connectivity index (χ1) is 8.79. The smallest absolute Gasteiger partial charge is 0.224 e. The van der Waals surface area contributed by atoms with Crippen molar-refractivity contribution in [1.82, 2.24) is 10.2 Å². The van der Waals surface area contributed by atoms with Crippen LogP contribution in [0.1, 0.15) is 39.0 Å². The quantitative estimate of drug-likeness (QED) is 0.828. The predicted octanol–water partition coefficient (Wildman–Crippen LogP) is 1.86. The Labute approximate surface area is 114 Å². The Bertz CT molecular complexity index is 313. The van der Waals surface area contributed by atoms with Crippen LogP contribution in [0.3, 0.4) is 0 Å². The molecule has 18 heavy (non-hydrogen) atoms. The second-order valence-electron chi connectivity index (χ2n) is 4.94. The number of hydrogen-bond donors (Lipinski definition) is 1. The monoisotopic (exact) mass is 269 g/mol. The van der Waals surface area contributed by atoms with Crippen molar-refractivity contribution in [1.29, 1.82) is 0 Å². The molecule has 0 spiro atoms. The molecule has 2 heterocycles. The average Bonchev–Trinajstić information content (AvgIpc) is 3.00. The van der Waals surface area contributed by atoms with Gasteiger partial charge in [-0.3, -0.25) is 9.79 Å². The first-order valence-corrected chi connectivity index (χ1v) is 7.90. The number of amidine groups is 1. The first kappa shape index (κ1) is 13.7. The molecule has 0 radical (unpaired) electrons. The van der Waals surface area contributed by atoms with Crippen molar-refractivity contribution in [2.45, 2.75) is 44.3 Å². The minimum absolute atomic E-state index is 0.286. The average molecular weight is 269 g/mol. The zero-order valence-corrected chi connectivity index (χ0v) is 12.0. The topological polar surface area (TPSA) is 44.7 Å². The zero-order valence-electron chi connectivity index (χ0n) is 11.2. The predicted molar refractivity (Wildman–Crippen MR) is 77.0 cm³/mol. The third-order valence-corrected chi connectivity index (χ3v) is 4.62. The van der Waals surface area contributed by atoms with Crippen LogP contribution in [-0.2, 0) is 4.79 Å². The molecule has 2 aliphatic rings. The number of amides is 1. The van der Waals surface area contributed by atoms with E-state index in [4.69, 9.17) is 0 Å². The molecule has 2 rings (SSSR count). The molecule has 1 fully saturated rings. The summed E-state index contributed by atoms with van der Waals surface area (Å²) in [6.45, 7) is 5.77. The molecule has 0 bridgehead atoms. The Kier molecular flexibility index (Phi) is 5.35. The lowest BCUT2D eigenvalue weighted by molar-refractivity contribution is -0.129. The van der Waals surface area contributed by atoms with Crippen molar-refractivity contribution in [2.75, 3.05) is 26.2 Å². The van der Waals surface area contributed by atoms with Crippen molar-refractivity contribution in [3.05, 3.63) is 0 Å². The molecule has 102 valence electrons. The Morgan fingerprint density at radius 2 is 2.28 bits per heavy atom. The third kappa shape index (κ3) is 3.90. The van der Waals surface area contributed by atoms with Gasteiger partial charge in [0.1, 0.15) is 0 Å². The van der Waals surface area contributed by atoms with Gasteiger partial charge in [0, 0.05) is 31.3 Å². The molecule has 1 atom stereocenters. The minimum atomic E-state index is 0.286. The highest BCUT2D eigenvalue weighted by molar-refractivity contribution is 8.14. The summed E-state index contributed by atoms with van der Waals surface area (Å²) >= 11 is 1.83. The molecule has 0 aliphatic carbocycles. The van der Waals surface area contributed by atoms with Crippen molar-refractivity contribution in [3.8, 4) is 0 Å². The lowest BCUT2D eigenvalue weighted by Crippen LogP contribution is -2.31. The number of nitrogens with zero attached hydrogens (tertiary/aromatic N) is 2. The SMILES string of the molecule is CCCC1CN=C(NCCC(=O)N2CCCC2)S1. The molecule has 0 aromatic rings. The largest absolute Gasteiger partial charge is 0.364 e. The fraction of sp³-hybridized carbons (Fsp3) is 0.846. The number of hydrogen-bond acceptors (Lipinski definition) is 4. The minimum Gasteiger partial charge on any atom is -0.364 e. The van der Waals surface area contributed by atoms with Crippen LogP contribution in [0.2, 0.25) is 0 Å². The Hall–Kier alpha value is -0.710. The van der Waals surface area contributed by atoms with Crippen LogP contribution in [0.4, 0.5) is 0 Å². The van der Waals surface area contributed by atoms with Crippen LogP contribution < -0.4 is 5.32 Å². The Morgan fingerprint density at radius 3 is 3.00 bits per heavy atom. The van der Waals surface area contributed by atoms with E-state index in [0.717, 1.165) is 31.3 Å². The van der Waals surface area contributed by atoms with Gasteiger partial charge in [-0.15, -0.1) is 0 Å². The summed E-state index contributed by atoms with van der Waals surface area (Å²) in [5.74, 6) is 0.286. The van der Waals surface area contributed by atoms with Crippen LogP contribution >= 0.6 is 11.8 Å². The molecule has 0 aromatic heterocycles. The van der Waals surface area contributed by atoms with Crippen LogP contribution in [0.15, 0.2) is 4.99 Å². The Morgan fingerprint density at radius 1 is 1.50 bits per heavy atom. The van der Waals surface area contributed by atoms with Gasteiger partial charge in [-0.2, -0.15) is 0 Å². The number of carbonyl (C=O) groups excluding carboxylic acids is 1. The molecule has 1 N–H and O–H groups in total. The summed E-state index contributed by atoms with van der Waals surface area (Å²) in [5, 5.41) is 4.97. The third-order valence-electron chi connectivity index (χ3n) is 3.40. The number of aliphatic imine (C=N–C) groups is 1. The van der Waals surface area contributed by atoms with Crippen molar-refractivity contribution in [2.24, 2.45) is 4.99 Å². The van der Waals surface area contributed by atoms with Gasteiger partial charge in [-0.05, 0) is 19.3 Å². The van der Waals surface area contributed by atoms with Crippen molar-refractivity contribution < 1.29 is 4.79 Å². The summed E-state index contributed by atoms with van der Waals surface area (Å²) in [6.07, 6.45) is 5.37. The zero-order chi connectivity index (χ0) is 12.8. The van der Waals surface area contributed by atoms with Crippen LogP contribution in [-0.4, -0.2) is 47.4 Å². The highest BCUT2D eigenvalue weighted by atomic mass is 32.2. The molecule has 0 saturated carbocycles. The summed E-state index contributed by atoms with van der Waals surface area (Å²) in [4.78, 5) is 18.3. The van der Waals surface area contributed by atoms with Crippen molar-refractivity contribution in [3.63, 3.8) is 0 Å².